The lowest BCUT2D eigenvalue weighted by Crippen LogP contribution is -2.34. The molecule has 3 atom stereocenters. The smallest absolute Gasteiger partial charge is 0.314 e. The lowest BCUT2D eigenvalue weighted by molar-refractivity contribution is 0.215. The third-order valence-corrected chi connectivity index (χ3v) is 4.71. The van der Waals surface area contributed by atoms with Gasteiger partial charge in [0.05, 0.1) is 0 Å². The Hall–Kier alpha value is -1.58. The molecule has 2 N–H and O–H groups in total. The van der Waals surface area contributed by atoms with E-state index in [0.29, 0.717) is 17.8 Å². The van der Waals surface area contributed by atoms with Crippen LogP contribution in [0, 0.1) is 17.7 Å². The zero-order valence-corrected chi connectivity index (χ0v) is 10.9. The molecule has 0 spiro atoms. The number of fused-ring (bicyclic) bond motifs is 1. The van der Waals surface area contributed by atoms with Gasteiger partial charge in [0.2, 0.25) is 0 Å². The van der Waals surface area contributed by atoms with Gasteiger partial charge in [0.1, 0.15) is 5.82 Å². The number of nitrogens with two attached hydrogens (primary N) is 1. The molecule has 4 heteroatoms. The van der Waals surface area contributed by atoms with Crippen LogP contribution in [0.3, 0.4) is 0 Å². The van der Waals surface area contributed by atoms with E-state index in [4.69, 9.17) is 5.73 Å². The van der Waals surface area contributed by atoms with Gasteiger partial charge >= 0.3 is 6.03 Å². The first-order chi connectivity index (χ1) is 9.15. The number of primary amides is 1. The topological polar surface area (TPSA) is 46.3 Å². The summed E-state index contributed by atoms with van der Waals surface area (Å²) in [5.41, 5.74) is 6.59. The van der Waals surface area contributed by atoms with E-state index in [2.05, 4.69) is 0 Å². The molecular weight excluding hydrogens is 243 g/mol. The van der Waals surface area contributed by atoms with E-state index in [0.717, 1.165) is 19.5 Å². The molecule has 0 bridgehead atoms. The summed E-state index contributed by atoms with van der Waals surface area (Å²) in [4.78, 5) is 13.1. The van der Waals surface area contributed by atoms with Crippen LogP contribution in [0.25, 0.3) is 0 Å². The summed E-state index contributed by atoms with van der Waals surface area (Å²) >= 11 is 0. The Labute approximate surface area is 112 Å². The van der Waals surface area contributed by atoms with Gasteiger partial charge in [0, 0.05) is 13.1 Å². The quantitative estimate of drug-likeness (QED) is 0.831. The van der Waals surface area contributed by atoms with Gasteiger partial charge in [-0.25, -0.2) is 9.18 Å². The summed E-state index contributed by atoms with van der Waals surface area (Å²) < 4.78 is 13.0. The largest absolute Gasteiger partial charge is 0.351 e. The molecule has 2 fully saturated rings. The van der Waals surface area contributed by atoms with Gasteiger partial charge in [0.25, 0.3) is 0 Å². The fraction of sp³-hybridized carbons (Fsp3) is 0.533. The number of benzene rings is 1. The first-order valence-electron chi connectivity index (χ1n) is 6.95. The van der Waals surface area contributed by atoms with Crippen LogP contribution in [0.15, 0.2) is 24.3 Å². The Morgan fingerprint density at radius 2 is 1.95 bits per heavy atom. The van der Waals surface area contributed by atoms with Crippen LogP contribution in [-0.2, 0) is 0 Å². The molecule has 1 aromatic rings. The van der Waals surface area contributed by atoms with E-state index in [-0.39, 0.29) is 11.8 Å². The first kappa shape index (κ1) is 12.5. The molecule has 0 radical (unpaired) electrons. The maximum atomic E-state index is 13.0. The highest BCUT2D eigenvalue weighted by Crippen LogP contribution is 2.45. The number of nitrogens with zero attached hydrogens (tertiary/aromatic N) is 1. The summed E-state index contributed by atoms with van der Waals surface area (Å²) in [5.74, 6) is 1.27. The normalized spacial score (nSPS) is 30.2. The predicted octanol–water partition coefficient (Wildman–Crippen LogP) is 2.72. The van der Waals surface area contributed by atoms with E-state index in [9.17, 15) is 9.18 Å². The van der Waals surface area contributed by atoms with Crippen molar-refractivity contribution in [1.82, 2.24) is 4.90 Å². The molecule has 1 aromatic carbocycles. The first-order valence-corrected chi connectivity index (χ1v) is 6.95. The molecule has 0 aromatic heterocycles. The molecule has 1 saturated heterocycles. The number of amides is 2. The number of hydrogen-bond acceptors (Lipinski definition) is 1. The molecule has 2 unspecified atom stereocenters. The minimum atomic E-state index is -0.313. The molecular formula is C15H19FN2O. The van der Waals surface area contributed by atoms with Crippen LogP contribution < -0.4 is 5.73 Å². The molecule has 3 nitrogen and oxygen atoms in total. The minimum absolute atomic E-state index is 0.193. The van der Waals surface area contributed by atoms with Gasteiger partial charge in [-0.1, -0.05) is 18.6 Å². The van der Waals surface area contributed by atoms with Crippen LogP contribution in [-0.4, -0.2) is 24.0 Å². The summed E-state index contributed by atoms with van der Waals surface area (Å²) in [5, 5.41) is 0. The Kier molecular flexibility index (Phi) is 3.17. The standard InChI is InChI=1S/C15H19FN2O/c16-12-6-4-10(5-7-12)13-3-1-2-11-8-18(15(17)19)9-14(11)13/h4-7,11,13-14H,1-3,8-9H2,(H2,17,19)/t11?,13?,14-/m1/s1. The molecule has 2 aliphatic rings. The van der Waals surface area contributed by atoms with Gasteiger partial charge in [-0.05, 0) is 48.3 Å². The number of likely N-dealkylation sites (tertiary alicyclic amines) is 1. The van der Waals surface area contributed by atoms with Crippen LogP contribution in [0.1, 0.15) is 30.7 Å². The van der Waals surface area contributed by atoms with Crippen LogP contribution in [0.4, 0.5) is 9.18 Å². The highest BCUT2D eigenvalue weighted by atomic mass is 19.1. The van der Waals surface area contributed by atoms with Gasteiger partial charge in [-0.15, -0.1) is 0 Å². The van der Waals surface area contributed by atoms with Crippen molar-refractivity contribution in [2.45, 2.75) is 25.2 Å². The van der Waals surface area contributed by atoms with E-state index in [1.54, 1.807) is 4.90 Å². The molecule has 2 amide bonds. The monoisotopic (exact) mass is 262 g/mol. The minimum Gasteiger partial charge on any atom is -0.351 e. The number of hydrogen-bond donors (Lipinski definition) is 1. The Morgan fingerprint density at radius 3 is 2.63 bits per heavy atom. The predicted molar refractivity (Wildman–Crippen MR) is 71.1 cm³/mol. The second kappa shape index (κ2) is 4.83. The second-order valence-electron chi connectivity index (χ2n) is 5.76. The highest BCUT2D eigenvalue weighted by molar-refractivity contribution is 5.72. The lowest BCUT2D eigenvalue weighted by atomic mass is 9.71. The van der Waals surface area contributed by atoms with Gasteiger partial charge < -0.3 is 10.6 Å². The maximum Gasteiger partial charge on any atom is 0.314 e. The molecule has 19 heavy (non-hydrogen) atoms. The number of halogens is 1. The van der Waals surface area contributed by atoms with Crippen molar-refractivity contribution >= 4 is 6.03 Å². The van der Waals surface area contributed by atoms with Crippen molar-refractivity contribution < 1.29 is 9.18 Å². The molecule has 1 aliphatic heterocycles. The molecule has 3 rings (SSSR count). The third-order valence-electron chi connectivity index (χ3n) is 4.71. The maximum absolute atomic E-state index is 13.0. The Morgan fingerprint density at radius 1 is 1.21 bits per heavy atom. The molecule has 1 saturated carbocycles. The van der Waals surface area contributed by atoms with Gasteiger partial charge in [-0.2, -0.15) is 0 Å². The van der Waals surface area contributed by atoms with E-state index in [1.165, 1.54) is 30.5 Å². The zero-order chi connectivity index (χ0) is 13.4. The molecule has 1 aliphatic carbocycles. The molecule has 102 valence electrons. The number of urea groups is 1. The van der Waals surface area contributed by atoms with Gasteiger partial charge in [0.15, 0.2) is 0 Å². The number of carbonyl (C=O) groups excluding carboxylic acids is 1. The summed E-state index contributed by atoms with van der Waals surface area (Å²) in [6, 6.07) is 6.51. The highest BCUT2D eigenvalue weighted by Gasteiger charge is 2.41. The van der Waals surface area contributed by atoms with E-state index < -0.39 is 0 Å². The van der Waals surface area contributed by atoms with Crippen LogP contribution >= 0.6 is 0 Å². The Bertz CT molecular complexity index is 474. The van der Waals surface area contributed by atoms with E-state index in [1.807, 2.05) is 12.1 Å². The van der Waals surface area contributed by atoms with E-state index >= 15 is 0 Å². The van der Waals surface area contributed by atoms with Crippen molar-refractivity contribution in [2.75, 3.05) is 13.1 Å². The van der Waals surface area contributed by atoms with Crippen molar-refractivity contribution in [3.63, 3.8) is 0 Å². The molecule has 1 heterocycles. The summed E-state index contributed by atoms with van der Waals surface area (Å²) in [6.07, 6.45) is 3.47. The van der Waals surface area contributed by atoms with Crippen molar-refractivity contribution in [2.24, 2.45) is 17.6 Å². The average molecular weight is 262 g/mol. The average Bonchev–Trinajstić information content (AvgIpc) is 2.83. The van der Waals surface area contributed by atoms with Gasteiger partial charge in [-0.3, -0.25) is 0 Å². The number of rotatable bonds is 1. The Balaban J connectivity index is 1.82. The van der Waals surface area contributed by atoms with Crippen LogP contribution in [0.5, 0.6) is 0 Å². The SMILES string of the molecule is NC(=O)N1CC2CCCC(c3ccc(F)cc3)[C@@H]2C1. The second-order valence-corrected chi connectivity index (χ2v) is 5.76. The van der Waals surface area contributed by atoms with Crippen molar-refractivity contribution in [3.05, 3.63) is 35.6 Å². The summed E-state index contributed by atoms with van der Waals surface area (Å²) in [6.45, 7) is 1.54. The summed E-state index contributed by atoms with van der Waals surface area (Å²) in [7, 11) is 0. The lowest BCUT2D eigenvalue weighted by Gasteiger charge is -2.33. The van der Waals surface area contributed by atoms with Crippen molar-refractivity contribution in [1.29, 1.82) is 0 Å². The fourth-order valence-electron chi connectivity index (χ4n) is 3.78. The zero-order valence-electron chi connectivity index (χ0n) is 10.9. The van der Waals surface area contributed by atoms with Crippen LogP contribution in [0.2, 0.25) is 0 Å². The van der Waals surface area contributed by atoms with Crippen molar-refractivity contribution in [3.8, 4) is 0 Å². The fourth-order valence-corrected chi connectivity index (χ4v) is 3.78. The third kappa shape index (κ3) is 2.31. The number of carbonyl (C=O) groups is 1.